The first-order valence-electron chi connectivity index (χ1n) is 7.94. The molecule has 0 amide bonds. The van der Waals surface area contributed by atoms with Crippen molar-refractivity contribution in [2.75, 3.05) is 13.2 Å². The number of rotatable bonds is 5. The Kier molecular flexibility index (Phi) is 5.84. The van der Waals surface area contributed by atoms with Gasteiger partial charge in [-0.25, -0.2) is 0 Å². The third-order valence-electron chi connectivity index (χ3n) is 4.03. The topological polar surface area (TPSA) is 86.7 Å². The zero-order chi connectivity index (χ0) is 17.7. The number of carbonyl (C=O) groups excluding carboxylic acids is 4. The molecule has 0 N–H and O–H groups in total. The Balaban J connectivity index is 2.51. The average Bonchev–Trinajstić information content (AvgIpc) is 2.55. The Labute approximate surface area is 140 Å². The molecule has 2 unspecified atom stereocenters. The molecule has 0 radical (unpaired) electrons. The molecule has 6 heteroatoms. The molecule has 1 aliphatic carbocycles. The quantitative estimate of drug-likeness (QED) is 0.602. The number of Topliss-reactive ketones (excluding diaryl/α,β-unsaturated/α-hetero) is 2. The predicted octanol–water partition coefficient (Wildman–Crippen LogP) is 1.67. The van der Waals surface area contributed by atoms with Crippen LogP contribution in [0.1, 0.15) is 31.7 Å². The van der Waals surface area contributed by atoms with Crippen molar-refractivity contribution >= 4 is 23.5 Å². The fourth-order valence-electron chi connectivity index (χ4n) is 3.06. The van der Waals surface area contributed by atoms with Crippen LogP contribution in [0.5, 0.6) is 0 Å². The maximum absolute atomic E-state index is 12.4. The van der Waals surface area contributed by atoms with Gasteiger partial charge in [-0.1, -0.05) is 30.3 Å². The van der Waals surface area contributed by atoms with E-state index in [9.17, 15) is 19.2 Å². The maximum atomic E-state index is 12.4. The second kappa shape index (κ2) is 7.86. The van der Waals surface area contributed by atoms with Crippen LogP contribution in [0.3, 0.4) is 0 Å². The fraction of sp³-hybridized carbons (Fsp3) is 0.444. The van der Waals surface area contributed by atoms with Gasteiger partial charge in [-0.2, -0.15) is 0 Å². The van der Waals surface area contributed by atoms with Crippen LogP contribution < -0.4 is 0 Å². The molecule has 0 aliphatic heterocycles. The van der Waals surface area contributed by atoms with Crippen molar-refractivity contribution < 1.29 is 28.7 Å². The van der Waals surface area contributed by atoms with Gasteiger partial charge in [0.25, 0.3) is 0 Å². The highest BCUT2D eigenvalue weighted by Gasteiger charge is 2.51. The van der Waals surface area contributed by atoms with E-state index >= 15 is 0 Å². The molecule has 1 aliphatic rings. The number of hydrogen-bond acceptors (Lipinski definition) is 6. The Morgan fingerprint density at radius 2 is 1.38 bits per heavy atom. The average molecular weight is 332 g/mol. The van der Waals surface area contributed by atoms with Crippen LogP contribution in [-0.2, 0) is 28.7 Å². The van der Waals surface area contributed by atoms with Gasteiger partial charge in [0, 0.05) is 5.92 Å². The molecule has 0 saturated heterocycles. The number of ketones is 2. The maximum Gasteiger partial charge on any atom is 0.317 e. The number of esters is 2. The molecule has 0 spiro atoms. The number of carbonyl (C=O) groups is 4. The highest BCUT2D eigenvalue weighted by Crippen LogP contribution is 2.40. The lowest BCUT2D eigenvalue weighted by Gasteiger charge is -2.33. The normalized spacial score (nSPS) is 23.7. The highest BCUT2D eigenvalue weighted by molar-refractivity contribution is 6.16. The van der Waals surface area contributed by atoms with E-state index in [1.807, 2.05) is 0 Å². The number of hydrogen-bond donors (Lipinski definition) is 0. The van der Waals surface area contributed by atoms with E-state index in [4.69, 9.17) is 9.47 Å². The first-order valence-corrected chi connectivity index (χ1v) is 7.94. The molecule has 1 aromatic carbocycles. The van der Waals surface area contributed by atoms with Crippen LogP contribution in [0.15, 0.2) is 30.3 Å². The van der Waals surface area contributed by atoms with E-state index in [0.717, 1.165) is 0 Å². The minimum Gasteiger partial charge on any atom is -0.465 e. The van der Waals surface area contributed by atoms with E-state index in [1.165, 1.54) is 0 Å². The van der Waals surface area contributed by atoms with Crippen LogP contribution in [0.25, 0.3) is 0 Å². The lowest BCUT2D eigenvalue weighted by molar-refractivity contribution is -0.161. The summed E-state index contributed by atoms with van der Waals surface area (Å²) in [7, 11) is 0. The third kappa shape index (κ3) is 3.53. The van der Waals surface area contributed by atoms with Gasteiger partial charge in [-0.05, 0) is 19.4 Å². The molecule has 128 valence electrons. The molecule has 1 saturated carbocycles. The first-order chi connectivity index (χ1) is 11.5. The molecular formula is C18H20O6. The summed E-state index contributed by atoms with van der Waals surface area (Å²) in [5.74, 6) is -5.73. The monoisotopic (exact) mass is 332 g/mol. The molecule has 2 rings (SSSR count). The van der Waals surface area contributed by atoms with Gasteiger partial charge < -0.3 is 9.47 Å². The lowest BCUT2D eigenvalue weighted by atomic mass is 9.67. The molecule has 2 atom stereocenters. The van der Waals surface area contributed by atoms with E-state index in [0.29, 0.717) is 5.56 Å². The summed E-state index contributed by atoms with van der Waals surface area (Å²) >= 11 is 0. The number of benzene rings is 1. The molecule has 0 aromatic heterocycles. The Morgan fingerprint density at radius 3 is 1.79 bits per heavy atom. The third-order valence-corrected chi connectivity index (χ3v) is 4.03. The SMILES string of the molecule is CCOC(=O)C1C(=O)CC(=O)C(C(=O)OCC)C1c1ccccc1. The van der Waals surface area contributed by atoms with Gasteiger partial charge in [0.2, 0.25) is 0 Å². The van der Waals surface area contributed by atoms with E-state index in [-0.39, 0.29) is 13.2 Å². The molecule has 0 bridgehead atoms. The van der Waals surface area contributed by atoms with Crippen molar-refractivity contribution in [2.24, 2.45) is 11.8 Å². The van der Waals surface area contributed by atoms with Crippen LogP contribution in [0.4, 0.5) is 0 Å². The zero-order valence-electron chi connectivity index (χ0n) is 13.7. The summed E-state index contributed by atoms with van der Waals surface area (Å²) in [5, 5.41) is 0. The van der Waals surface area contributed by atoms with Gasteiger partial charge in [0.15, 0.2) is 11.6 Å². The van der Waals surface area contributed by atoms with Crippen molar-refractivity contribution in [3.8, 4) is 0 Å². The van der Waals surface area contributed by atoms with Crippen LogP contribution in [0.2, 0.25) is 0 Å². The van der Waals surface area contributed by atoms with E-state index in [2.05, 4.69) is 0 Å². The molecule has 0 heterocycles. The summed E-state index contributed by atoms with van der Waals surface area (Å²) < 4.78 is 10.0. The Hall–Kier alpha value is -2.50. The summed E-state index contributed by atoms with van der Waals surface area (Å²) in [6, 6.07) is 8.60. The summed E-state index contributed by atoms with van der Waals surface area (Å²) in [4.78, 5) is 49.4. The molecular weight excluding hydrogens is 312 g/mol. The van der Waals surface area contributed by atoms with Gasteiger partial charge >= 0.3 is 11.9 Å². The summed E-state index contributed by atoms with van der Waals surface area (Å²) in [6.45, 7) is 3.50. The zero-order valence-corrected chi connectivity index (χ0v) is 13.7. The fourth-order valence-corrected chi connectivity index (χ4v) is 3.06. The van der Waals surface area contributed by atoms with E-state index in [1.54, 1.807) is 44.2 Å². The largest absolute Gasteiger partial charge is 0.465 e. The van der Waals surface area contributed by atoms with Gasteiger partial charge in [-0.15, -0.1) is 0 Å². The van der Waals surface area contributed by atoms with Crippen molar-refractivity contribution in [1.29, 1.82) is 0 Å². The van der Waals surface area contributed by atoms with Crippen molar-refractivity contribution in [3.63, 3.8) is 0 Å². The van der Waals surface area contributed by atoms with Gasteiger partial charge in [-0.3, -0.25) is 19.2 Å². The highest BCUT2D eigenvalue weighted by atomic mass is 16.5. The second-order valence-corrected chi connectivity index (χ2v) is 5.51. The van der Waals surface area contributed by atoms with Crippen LogP contribution in [0, 0.1) is 11.8 Å². The Morgan fingerprint density at radius 1 is 0.917 bits per heavy atom. The molecule has 1 aromatic rings. The molecule has 1 fully saturated rings. The number of ether oxygens (including phenoxy) is 2. The lowest BCUT2D eigenvalue weighted by Crippen LogP contribution is -2.47. The van der Waals surface area contributed by atoms with Crippen LogP contribution >= 0.6 is 0 Å². The minimum atomic E-state index is -1.18. The first kappa shape index (κ1) is 17.8. The van der Waals surface area contributed by atoms with Crippen LogP contribution in [-0.4, -0.2) is 36.7 Å². The standard InChI is InChI=1S/C18H20O6/c1-3-23-17(21)15-12(19)10-13(20)16(18(22)24-4-2)14(15)11-8-6-5-7-9-11/h5-9,14-16H,3-4,10H2,1-2H3. The van der Waals surface area contributed by atoms with Gasteiger partial charge in [0.1, 0.15) is 11.8 Å². The summed E-state index contributed by atoms with van der Waals surface area (Å²) in [5.41, 5.74) is 0.565. The summed E-state index contributed by atoms with van der Waals surface area (Å²) in [6.07, 6.45) is -0.462. The second-order valence-electron chi connectivity index (χ2n) is 5.51. The molecule has 24 heavy (non-hydrogen) atoms. The predicted molar refractivity (Wildman–Crippen MR) is 84.1 cm³/mol. The van der Waals surface area contributed by atoms with E-state index < -0.39 is 47.7 Å². The molecule has 6 nitrogen and oxygen atoms in total. The smallest absolute Gasteiger partial charge is 0.317 e. The van der Waals surface area contributed by atoms with Crippen molar-refractivity contribution in [2.45, 2.75) is 26.2 Å². The van der Waals surface area contributed by atoms with Crippen molar-refractivity contribution in [3.05, 3.63) is 35.9 Å². The Bertz CT molecular complexity index is 600. The van der Waals surface area contributed by atoms with Gasteiger partial charge in [0.05, 0.1) is 19.6 Å². The minimum absolute atomic E-state index is 0.113. The van der Waals surface area contributed by atoms with Crippen molar-refractivity contribution in [1.82, 2.24) is 0 Å².